The highest BCUT2D eigenvalue weighted by Crippen LogP contribution is 2.63. The fourth-order valence-electron chi connectivity index (χ4n) is 6.75. The van der Waals surface area contributed by atoms with E-state index in [1.165, 1.54) is 5.57 Å². The molecule has 0 spiro atoms. The maximum absolute atomic E-state index is 12.2. The highest BCUT2D eigenvalue weighted by atomic mass is 16.3. The third kappa shape index (κ3) is 2.39. The fraction of sp³-hybridized carbons (Fsp3) is 0.750. The van der Waals surface area contributed by atoms with E-state index >= 15 is 0 Å². The van der Waals surface area contributed by atoms with Crippen molar-refractivity contribution in [2.75, 3.05) is 6.61 Å². The van der Waals surface area contributed by atoms with Gasteiger partial charge in [-0.1, -0.05) is 5.57 Å². The maximum atomic E-state index is 12.2. The van der Waals surface area contributed by atoms with Crippen molar-refractivity contribution < 1.29 is 24.6 Å². The number of aldehydes is 1. The predicted molar refractivity (Wildman–Crippen MR) is 89.5 cm³/mol. The van der Waals surface area contributed by atoms with Crippen LogP contribution in [-0.2, 0) is 14.4 Å². The Labute approximate surface area is 147 Å². The van der Waals surface area contributed by atoms with E-state index in [1.54, 1.807) is 6.08 Å². The zero-order valence-corrected chi connectivity index (χ0v) is 14.4. The lowest BCUT2D eigenvalue weighted by atomic mass is 9.50. The Hall–Kier alpha value is -1.33. The molecular weight excluding hydrogens is 320 g/mol. The summed E-state index contributed by atoms with van der Waals surface area (Å²) in [7, 11) is 0. The molecule has 0 heterocycles. The minimum absolute atomic E-state index is 0.0918. The highest BCUT2D eigenvalue weighted by molar-refractivity contribution is 5.91. The summed E-state index contributed by atoms with van der Waals surface area (Å²) in [6.45, 7) is -0.533. The number of fused-ring (bicyclic) bond motifs is 5. The molecule has 5 nitrogen and oxygen atoms in total. The van der Waals surface area contributed by atoms with Crippen LogP contribution in [-0.4, -0.2) is 40.8 Å². The summed E-state index contributed by atoms with van der Waals surface area (Å²) in [5.41, 5.74) is 0.364. The van der Waals surface area contributed by atoms with E-state index in [2.05, 4.69) is 0 Å². The highest BCUT2D eigenvalue weighted by Gasteiger charge is 2.62. The third-order valence-electron chi connectivity index (χ3n) is 7.64. The number of carbonyl (C=O) groups excluding carboxylic acids is 3. The van der Waals surface area contributed by atoms with Crippen molar-refractivity contribution in [2.45, 2.75) is 51.0 Å². The molecule has 3 fully saturated rings. The number of Topliss-reactive ketones (excluding diaryl/α,β-unsaturated/α-hetero) is 1. The second-order valence-corrected chi connectivity index (χ2v) is 8.47. The van der Waals surface area contributed by atoms with Crippen LogP contribution < -0.4 is 0 Å². The zero-order chi connectivity index (χ0) is 17.8. The van der Waals surface area contributed by atoms with Crippen LogP contribution in [0.25, 0.3) is 0 Å². The number of hydrogen-bond acceptors (Lipinski definition) is 5. The van der Waals surface area contributed by atoms with Gasteiger partial charge in [-0.15, -0.1) is 0 Å². The monoisotopic (exact) mass is 346 g/mol. The average Bonchev–Trinajstić information content (AvgIpc) is 3.00. The number of carbonyl (C=O) groups is 3. The van der Waals surface area contributed by atoms with Crippen LogP contribution in [0.4, 0.5) is 0 Å². The number of aliphatic hydroxyl groups is 2. The smallest absolute Gasteiger partial charge is 0.162 e. The van der Waals surface area contributed by atoms with Crippen LogP contribution in [0.15, 0.2) is 11.6 Å². The molecule has 0 saturated heterocycles. The minimum atomic E-state index is -0.813. The first kappa shape index (κ1) is 17.1. The standard InChI is InChI=1S/C20H26O5/c21-9-18(25)16-6-5-15-14-3-1-11-7-12(23)2-4-13(11)19(14)17(24)8-20(15,16)10-22/h7,10,13-17,19,21,24H,1-6,8-9H2/t13-,14-,15-,16+,17-,19+,20+/m0/s1. The van der Waals surface area contributed by atoms with E-state index in [0.717, 1.165) is 32.0 Å². The Balaban J connectivity index is 1.69. The number of hydrogen-bond donors (Lipinski definition) is 2. The van der Waals surface area contributed by atoms with Gasteiger partial charge < -0.3 is 15.0 Å². The van der Waals surface area contributed by atoms with Gasteiger partial charge in [0.2, 0.25) is 0 Å². The molecular formula is C20H26O5. The van der Waals surface area contributed by atoms with E-state index in [-0.39, 0.29) is 35.2 Å². The molecule has 0 bridgehead atoms. The Morgan fingerprint density at radius 3 is 2.76 bits per heavy atom. The van der Waals surface area contributed by atoms with Crippen molar-refractivity contribution in [3.05, 3.63) is 11.6 Å². The normalized spacial score (nSPS) is 45.8. The molecule has 5 heteroatoms. The van der Waals surface area contributed by atoms with Crippen molar-refractivity contribution in [3.8, 4) is 0 Å². The molecule has 25 heavy (non-hydrogen) atoms. The van der Waals surface area contributed by atoms with Gasteiger partial charge in [0.25, 0.3) is 0 Å². The second-order valence-electron chi connectivity index (χ2n) is 8.47. The van der Waals surface area contributed by atoms with Gasteiger partial charge in [0.15, 0.2) is 11.6 Å². The van der Waals surface area contributed by atoms with Crippen molar-refractivity contribution in [3.63, 3.8) is 0 Å². The van der Waals surface area contributed by atoms with E-state index in [1.807, 2.05) is 0 Å². The molecule has 0 aromatic heterocycles. The third-order valence-corrected chi connectivity index (χ3v) is 7.64. The summed E-state index contributed by atoms with van der Waals surface area (Å²) in [6, 6.07) is 0. The van der Waals surface area contributed by atoms with Crippen LogP contribution in [0.1, 0.15) is 44.9 Å². The lowest BCUT2D eigenvalue weighted by Gasteiger charge is -2.55. The molecule has 136 valence electrons. The number of aliphatic hydroxyl groups excluding tert-OH is 2. The van der Waals surface area contributed by atoms with Gasteiger partial charge >= 0.3 is 0 Å². The second kappa shape index (κ2) is 6.13. The van der Waals surface area contributed by atoms with Crippen LogP contribution in [0.5, 0.6) is 0 Å². The van der Waals surface area contributed by atoms with Crippen molar-refractivity contribution in [1.82, 2.24) is 0 Å². The maximum Gasteiger partial charge on any atom is 0.162 e. The van der Waals surface area contributed by atoms with Crippen LogP contribution in [0, 0.1) is 35.0 Å². The molecule has 3 saturated carbocycles. The Morgan fingerprint density at radius 2 is 2.04 bits per heavy atom. The van der Waals surface area contributed by atoms with Crippen molar-refractivity contribution >= 4 is 17.9 Å². The topological polar surface area (TPSA) is 91.7 Å². The van der Waals surface area contributed by atoms with Crippen LogP contribution >= 0.6 is 0 Å². The largest absolute Gasteiger partial charge is 0.393 e. The Kier molecular flexibility index (Phi) is 4.19. The van der Waals surface area contributed by atoms with Gasteiger partial charge in [-0.25, -0.2) is 0 Å². The van der Waals surface area contributed by atoms with E-state index < -0.39 is 24.0 Å². The molecule has 4 aliphatic carbocycles. The molecule has 0 aliphatic heterocycles. The van der Waals surface area contributed by atoms with Gasteiger partial charge in [-0.2, -0.15) is 0 Å². The van der Waals surface area contributed by atoms with Gasteiger partial charge in [-0.05, 0) is 68.3 Å². The lowest BCUT2D eigenvalue weighted by molar-refractivity contribution is -0.150. The molecule has 0 aromatic rings. The first-order valence-electron chi connectivity index (χ1n) is 9.53. The first-order valence-corrected chi connectivity index (χ1v) is 9.53. The van der Waals surface area contributed by atoms with Gasteiger partial charge in [0, 0.05) is 17.8 Å². The predicted octanol–water partition coefficient (Wildman–Crippen LogP) is 1.46. The van der Waals surface area contributed by atoms with E-state index in [4.69, 9.17) is 0 Å². The minimum Gasteiger partial charge on any atom is -0.393 e. The summed E-state index contributed by atoms with van der Waals surface area (Å²) >= 11 is 0. The Morgan fingerprint density at radius 1 is 1.24 bits per heavy atom. The number of allylic oxidation sites excluding steroid dienone is 1. The lowest BCUT2D eigenvalue weighted by Crippen LogP contribution is -2.55. The van der Waals surface area contributed by atoms with Crippen molar-refractivity contribution in [2.24, 2.45) is 35.0 Å². The van der Waals surface area contributed by atoms with Crippen molar-refractivity contribution in [1.29, 1.82) is 0 Å². The van der Waals surface area contributed by atoms with Crippen LogP contribution in [0.2, 0.25) is 0 Å². The Bertz CT molecular complexity index is 638. The molecule has 2 N–H and O–H groups in total. The summed E-state index contributed by atoms with van der Waals surface area (Å²) in [6.07, 6.45) is 6.90. The van der Waals surface area contributed by atoms with E-state index in [0.29, 0.717) is 19.3 Å². The van der Waals surface area contributed by atoms with Gasteiger partial charge in [0.1, 0.15) is 12.9 Å². The summed E-state index contributed by atoms with van der Waals surface area (Å²) in [5.74, 6) is 0.129. The molecule has 0 aromatic carbocycles. The number of rotatable bonds is 3. The molecule has 4 rings (SSSR count). The molecule has 7 atom stereocenters. The quantitative estimate of drug-likeness (QED) is 0.755. The average molecular weight is 346 g/mol. The summed E-state index contributed by atoms with van der Waals surface area (Å²) in [5, 5.41) is 20.3. The summed E-state index contributed by atoms with van der Waals surface area (Å²) < 4.78 is 0. The zero-order valence-electron chi connectivity index (χ0n) is 14.4. The molecule has 4 aliphatic rings. The van der Waals surface area contributed by atoms with Gasteiger partial charge in [0.05, 0.1) is 6.10 Å². The summed E-state index contributed by atoms with van der Waals surface area (Å²) in [4.78, 5) is 36.1. The first-order chi connectivity index (χ1) is 12.0. The fourth-order valence-corrected chi connectivity index (χ4v) is 6.75. The van der Waals surface area contributed by atoms with Gasteiger partial charge in [-0.3, -0.25) is 9.59 Å². The van der Waals surface area contributed by atoms with E-state index in [9.17, 15) is 24.6 Å². The SMILES string of the molecule is O=C[C@]12C[C@H](O)[C@H]3[C@@H](CCC4=CC(=O)CC[C@@H]43)[C@@H]1CC[C@@H]2C(=O)CO. The molecule has 0 radical (unpaired) electrons. The molecule has 0 unspecified atom stereocenters. The molecule has 0 amide bonds. The van der Waals surface area contributed by atoms with Crippen LogP contribution in [0.3, 0.4) is 0 Å². The number of ketones is 2.